The van der Waals surface area contributed by atoms with E-state index in [0.29, 0.717) is 6.07 Å². The van der Waals surface area contributed by atoms with Gasteiger partial charge >= 0.3 is 6.18 Å². The Labute approximate surface area is 84.7 Å². The minimum Gasteiger partial charge on any atom is -0.215 e. The molecule has 0 aliphatic rings. The zero-order chi connectivity index (χ0) is 11.8. The second-order valence-electron chi connectivity index (χ2n) is 2.49. The van der Waals surface area contributed by atoms with Crippen molar-refractivity contribution in [2.24, 2.45) is 0 Å². The summed E-state index contributed by atoms with van der Waals surface area (Å²) in [5.74, 6) is -1.56. The molecule has 0 fully saturated rings. The molecule has 84 valence electrons. The minimum atomic E-state index is -5.17. The molecule has 0 unspecified atom stereocenters. The standard InChI is InChI=1S/C7H2ClF6N/c8-2-1-3(9)15-5(7(12,13)14)4(2)6(10)11/h1,6H. The van der Waals surface area contributed by atoms with Crippen LogP contribution in [-0.2, 0) is 6.18 Å². The Morgan fingerprint density at radius 3 is 2.20 bits per heavy atom. The molecule has 1 nitrogen and oxygen atoms in total. The van der Waals surface area contributed by atoms with Gasteiger partial charge in [0.25, 0.3) is 6.43 Å². The number of alkyl halides is 5. The van der Waals surface area contributed by atoms with E-state index in [0.717, 1.165) is 0 Å². The summed E-state index contributed by atoms with van der Waals surface area (Å²) in [6, 6.07) is 0.304. The number of halogens is 7. The maximum atomic E-state index is 12.5. The fourth-order valence-corrected chi connectivity index (χ4v) is 1.18. The van der Waals surface area contributed by atoms with Gasteiger partial charge in [-0.25, -0.2) is 13.8 Å². The first kappa shape index (κ1) is 12.1. The summed E-state index contributed by atoms with van der Waals surface area (Å²) in [7, 11) is 0. The summed E-state index contributed by atoms with van der Waals surface area (Å²) in [5, 5.41) is -0.996. The molecule has 0 saturated heterocycles. The summed E-state index contributed by atoms with van der Waals surface area (Å²) in [4.78, 5) is 2.37. The lowest BCUT2D eigenvalue weighted by molar-refractivity contribution is -0.143. The van der Waals surface area contributed by atoms with Crippen LogP contribution in [0.3, 0.4) is 0 Å². The lowest BCUT2D eigenvalue weighted by Crippen LogP contribution is -2.14. The van der Waals surface area contributed by atoms with Gasteiger partial charge < -0.3 is 0 Å². The molecule has 1 aromatic rings. The molecule has 15 heavy (non-hydrogen) atoms. The molecule has 0 aliphatic heterocycles. The van der Waals surface area contributed by atoms with Crippen LogP contribution < -0.4 is 0 Å². The Bertz CT molecular complexity index is 374. The molecule has 8 heteroatoms. The summed E-state index contributed by atoms with van der Waals surface area (Å²) < 4.78 is 73.3. The molecule has 0 atom stereocenters. The van der Waals surface area contributed by atoms with E-state index in [1.165, 1.54) is 0 Å². The average molecular weight is 250 g/mol. The molecule has 1 heterocycles. The van der Waals surface area contributed by atoms with Gasteiger partial charge in [0.05, 0.1) is 10.6 Å². The SMILES string of the molecule is Fc1cc(Cl)c(C(F)F)c(C(F)(F)F)n1. The van der Waals surface area contributed by atoms with E-state index in [1.54, 1.807) is 0 Å². The quantitative estimate of drug-likeness (QED) is 0.544. The lowest BCUT2D eigenvalue weighted by Gasteiger charge is -2.12. The highest BCUT2D eigenvalue weighted by atomic mass is 35.5. The third kappa shape index (κ3) is 2.53. The molecule has 0 N–H and O–H groups in total. The van der Waals surface area contributed by atoms with E-state index >= 15 is 0 Å². The molecule has 0 radical (unpaired) electrons. The normalized spacial score (nSPS) is 12.3. The molecule has 0 spiro atoms. The van der Waals surface area contributed by atoms with Gasteiger partial charge in [-0.2, -0.15) is 17.6 Å². The highest BCUT2D eigenvalue weighted by Gasteiger charge is 2.39. The van der Waals surface area contributed by atoms with Crippen molar-refractivity contribution in [3.63, 3.8) is 0 Å². The summed E-state index contributed by atoms with van der Waals surface area (Å²) in [6.45, 7) is 0. The predicted molar refractivity (Wildman–Crippen MR) is 39.2 cm³/mol. The Morgan fingerprint density at radius 2 is 1.80 bits per heavy atom. The Morgan fingerprint density at radius 1 is 1.27 bits per heavy atom. The number of hydrogen-bond acceptors (Lipinski definition) is 1. The van der Waals surface area contributed by atoms with Crippen molar-refractivity contribution in [1.82, 2.24) is 4.98 Å². The van der Waals surface area contributed by atoms with Gasteiger partial charge in [0, 0.05) is 6.07 Å². The van der Waals surface area contributed by atoms with Crippen LogP contribution >= 0.6 is 11.6 Å². The second kappa shape index (κ2) is 3.88. The van der Waals surface area contributed by atoms with Gasteiger partial charge in [-0.1, -0.05) is 11.6 Å². The summed E-state index contributed by atoms with van der Waals surface area (Å²) in [5.41, 5.74) is -3.51. The number of aromatic nitrogens is 1. The first-order valence-electron chi connectivity index (χ1n) is 3.44. The highest BCUT2D eigenvalue weighted by molar-refractivity contribution is 6.31. The lowest BCUT2D eigenvalue weighted by atomic mass is 10.2. The van der Waals surface area contributed by atoms with Crippen molar-refractivity contribution < 1.29 is 26.3 Å². The van der Waals surface area contributed by atoms with Crippen LogP contribution in [0.4, 0.5) is 26.3 Å². The van der Waals surface area contributed by atoms with Gasteiger partial charge in [-0.05, 0) is 0 Å². The number of pyridine rings is 1. The smallest absolute Gasteiger partial charge is 0.215 e. The number of hydrogen-bond donors (Lipinski definition) is 0. The number of nitrogens with zero attached hydrogens (tertiary/aromatic N) is 1. The van der Waals surface area contributed by atoms with Crippen LogP contribution in [0, 0.1) is 5.95 Å². The van der Waals surface area contributed by atoms with Crippen molar-refractivity contribution in [3.05, 3.63) is 28.3 Å². The fraction of sp³-hybridized carbons (Fsp3) is 0.286. The fourth-order valence-electron chi connectivity index (χ4n) is 0.918. The van der Waals surface area contributed by atoms with E-state index < -0.39 is 34.8 Å². The molecular weight excluding hydrogens is 248 g/mol. The first-order chi connectivity index (χ1) is 6.73. The van der Waals surface area contributed by atoms with Crippen LogP contribution in [0.1, 0.15) is 17.7 Å². The van der Waals surface area contributed by atoms with Crippen LogP contribution in [0.25, 0.3) is 0 Å². The molecule has 1 aromatic heterocycles. The van der Waals surface area contributed by atoms with Crippen LogP contribution in [-0.4, -0.2) is 4.98 Å². The van der Waals surface area contributed by atoms with Crippen molar-refractivity contribution in [2.75, 3.05) is 0 Å². The maximum absolute atomic E-state index is 12.5. The molecule has 0 aromatic carbocycles. The third-order valence-electron chi connectivity index (χ3n) is 1.46. The topological polar surface area (TPSA) is 12.9 Å². The van der Waals surface area contributed by atoms with Crippen LogP contribution in [0.5, 0.6) is 0 Å². The van der Waals surface area contributed by atoms with Crippen molar-refractivity contribution in [3.8, 4) is 0 Å². The van der Waals surface area contributed by atoms with Gasteiger partial charge in [0.2, 0.25) is 5.95 Å². The monoisotopic (exact) mass is 249 g/mol. The molecule has 0 bridgehead atoms. The van der Waals surface area contributed by atoms with Gasteiger partial charge in [-0.15, -0.1) is 0 Å². The molecule has 1 rings (SSSR count). The van der Waals surface area contributed by atoms with Crippen LogP contribution in [0.15, 0.2) is 6.07 Å². The average Bonchev–Trinajstić information content (AvgIpc) is 1.99. The Balaban J connectivity index is 3.47. The van der Waals surface area contributed by atoms with Gasteiger partial charge in [0.15, 0.2) is 5.69 Å². The Kier molecular flexibility index (Phi) is 3.13. The molecule has 0 amide bonds. The number of rotatable bonds is 1. The highest BCUT2D eigenvalue weighted by Crippen LogP contribution is 2.38. The van der Waals surface area contributed by atoms with Crippen LogP contribution in [0.2, 0.25) is 5.02 Å². The second-order valence-corrected chi connectivity index (χ2v) is 2.89. The third-order valence-corrected chi connectivity index (χ3v) is 1.78. The van der Waals surface area contributed by atoms with Crippen molar-refractivity contribution in [2.45, 2.75) is 12.6 Å². The zero-order valence-electron chi connectivity index (χ0n) is 6.75. The van der Waals surface area contributed by atoms with Gasteiger partial charge in [-0.3, -0.25) is 0 Å². The van der Waals surface area contributed by atoms with E-state index in [1.807, 2.05) is 0 Å². The largest absolute Gasteiger partial charge is 0.433 e. The van der Waals surface area contributed by atoms with Gasteiger partial charge in [0.1, 0.15) is 0 Å². The van der Waals surface area contributed by atoms with Crippen molar-refractivity contribution in [1.29, 1.82) is 0 Å². The summed E-state index contributed by atoms with van der Waals surface area (Å²) in [6.07, 6.45) is -8.64. The van der Waals surface area contributed by atoms with E-state index in [4.69, 9.17) is 11.6 Å². The van der Waals surface area contributed by atoms with E-state index in [2.05, 4.69) is 4.98 Å². The minimum absolute atomic E-state index is 0.304. The van der Waals surface area contributed by atoms with E-state index in [9.17, 15) is 26.3 Å². The van der Waals surface area contributed by atoms with Crippen molar-refractivity contribution >= 4 is 11.6 Å². The maximum Gasteiger partial charge on any atom is 0.433 e. The molecule has 0 saturated carbocycles. The Hall–Kier alpha value is -0.980. The summed E-state index contributed by atoms with van der Waals surface area (Å²) >= 11 is 5.08. The first-order valence-corrected chi connectivity index (χ1v) is 3.82. The molecule has 0 aliphatic carbocycles. The van der Waals surface area contributed by atoms with E-state index in [-0.39, 0.29) is 0 Å². The zero-order valence-corrected chi connectivity index (χ0v) is 7.50. The predicted octanol–water partition coefficient (Wildman–Crippen LogP) is 3.83. The molecular formula is C7H2ClF6N.